The van der Waals surface area contributed by atoms with Crippen molar-refractivity contribution in [3.8, 4) is 5.75 Å². The number of fused-ring (bicyclic) bond motifs is 1. The molecule has 0 bridgehead atoms. The predicted molar refractivity (Wildman–Crippen MR) is 97.2 cm³/mol. The van der Waals surface area contributed by atoms with E-state index in [1.165, 1.54) is 37.8 Å². The summed E-state index contributed by atoms with van der Waals surface area (Å²) in [5.74, 6) is 1.80. The zero-order valence-corrected chi connectivity index (χ0v) is 14.9. The summed E-state index contributed by atoms with van der Waals surface area (Å²) in [6.07, 6.45) is 7.47. The van der Waals surface area contributed by atoms with Crippen LogP contribution in [0.1, 0.15) is 31.2 Å². The zero-order chi connectivity index (χ0) is 16.2. The van der Waals surface area contributed by atoms with Gasteiger partial charge in [0.2, 0.25) is 0 Å². The van der Waals surface area contributed by atoms with E-state index in [2.05, 4.69) is 30.4 Å². The molecule has 4 heteroatoms. The zero-order valence-electron chi connectivity index (χ0n) is 14.1. The molecule has 0 spiro atoms. The second kappa shape index (κ2) is 7.69. The molecule has 2 aliphatic rings. The molecule has 1 fully saturated rings. The van der Waals surface area contributed by atoms with E-state index in [9.17, 15) is 0 Å². The van der Waals surface area contributed by atoms with Crippen molar-refractivity contribution in [2.45, 2.75) is 31.7 Å². The van der Waals surface area contributed by atoms with Gasteiger partial charge >= 0.3 is 0 Å². The molecule has 1 saturated carbocycles. The third kappa shape index (κ3) is 4.72. The highest BCUT2D eigenvalue weighted by Gasteiger charge is 2.21. The maximum atomic E-state index is 6.07. The van der Waals surface area contributed by atoms with Gasteiger partial charge in [-0.1, -0.05) is 11.6 Å². The number of benzene rings is 1. The SMILES string of the molecule is CN(C)CC1CCC(NCC2=Cc3cc(Cl)ccc3OC2)CC1. The van der Waals surface area contributed by atoms with Crippen LogP contribution >= 0.6 is 11.6 Å². The summed E-state index contributed by atoms with van der Waals surface area (Å²) >= 11 is 6.07. The molecule has 1 heterocycles. The van der Waals surface area contributed by atoms with Gasteiger partial charge in [-0.2, -0.15) is 0 Å². The van der Waals surface area contributed by atoms with Crippen molar-refractivity contribution in [2.24, 2.45) is 5.92 Å². The third-order valence-electron chi connectivity index (χ3n) is 4.83. The first-order valence-corrected chi connectivity index (χ1v) is 8.98. The number of nitrogens with zero attached hydrogens (tertiary/aromatic N) is 1. The molecule has 1 aromatic carbocycles. The number of ether oxygens (including phenoxy) is 1. The average Bonchev–Trinajstić information content (AvgIpc) is 2.53. The Morgan fingerprint density at radius 3 is 2.74 bits per heavy atom. The molecule has 1 N–H and O–H groups in total. The Labute approximate surface area is 144 Å². The van der Waals surface area contributed by atoms with Crippen LogP contribution < -0.4 is 10.1 Å². The van der Waals surface area contributed by atoms with Gasteiger partial charge in [0, 0.05) is 29.7 Å². The topological polar surface area (TPSA) is 24.5 Å². The van der Waals surface area contributed by atoms with Gasteiger partial charge in [-0.25, -0.2) is 0 Å². The Hall–Kier alpha value is -1.03. The first-order valence-electron chi connectivity index (χ1n) is 8.60. The first kappa shape index (κ1) is 16.8. The molecule has 1 aromatic rings. The van der Waals surface area contributed by atoms with Crippen molar-refractivity contribution < 1.29 is 4.74 Å². The highest BCUT2D eigenvalue weighted by atomic mass is 35.5. The number of hydrogen-bond acceptors (Lipinski definition) is 3. The van der Waals surface area contributed by atoms with Crippen LogP contribution in [0, 0.1) is 5.92 Å². The summed E-state index contributed by atoms with van der Waals surface area (Å²) < 4.78 is 5.82. The number of nitrogens with one attached hydrogen (secondary N) is 1. The van der Waals surface area contributed by atoms with Crippen molar-refractivity contribution in [1.82, 2.24) is 10.2 Å². The van der Waals surface area contributed by atoms with Crippen molar-refractivity contribution in [3.63, 3.8) is 0 Å². The van der Waals surface area contributed by atoms with Gasteiger partial charge in [0.15, 0.2) is 0 Å². The highest BCUT2D eigenvalue weighted by Crippen LogP contribution is 2.29. The molecule has 0 atom stereocenters. The molecule has 126 valence electrons. The van der Waals surface area contributed by atoms with Crippen LogP contribution in [0.3, 0.4) is 0 Å². The summed E-state index contributed by atoms with van der Waals surface area (Å²) in [6, 6.07) is 6.45. The van der Waals surface area contributed by atoms with E-state index in [4.69, 9.17) is 16.3 Å². The van der Waals surface area contributed by atoms with E-state index in [0.717, 1.165) is 28.8 Å². The monoisotopic (exact) mass is 334 g/mol. The Morgan fingerprint density at radius 1 is 1.22 bits per heavy atom. The molecule has 0 radical (unpaired) electrons. The van der Waals surface area contributed by atoms with Crippen molar-refractivity contribution in [3.05, 3.63) is 34.4 Å². The van der Waals surface area contributed by atoms with Crippen LogP contribution in [0.5, 0.6) is 5.75 Å². The third-order valence-corrected chi connectivity index (χ3v) is 5.07. The Kier molecular flexibility index (Phi) is 5.62. The summed E-state index contributed by atoms with van der Waals surface area (Å²) in [6.45, 7) is 2.82. The molecular weight excluding hydrogens is 308 g/mol. The van der Waals surface area contributed by atoms with Gasteiger partial charge in [0.1, 0.15) is 12.4 Å². The van der Waals surface area contributed by atoms with Crippen molar-refractivity contribution >= 4 is 17.7 Å². The Morgan fingerprint density at radius 2 is 2.00 bits per heavy atom. The maximum Gasteiger partial charge on any atom is 0.127 e. The molecule has 3 rings (SSSR count). The van der Waals surface area contributed by atoms with E-state index in [0.29, 0.717) is 12.6 Å². The summed E-state index contributed by atoms with van der Waals surface area (Å²) in [5, 5.41) is 4.48. The second-order valence-electron chi connectivity index (χ2n) is 7.13. The predicted octanol–water partition coefficient (Wildman–Crippen LogP) is 3.83. The molecule has 1 aliphatic carbocycles. The fourth-order valence-electron chi connectivity index (χ4n) is 3.64. The normalized spacial score (nSPS) is 24.1. The Bertz CT molecular complexity index is 562. The van der Waals surface area contributed by atoms with Crippen LogP contribution in [0.25, 0.3) is 6.08 Å². The minimum Gasteiger partial charge on any atom is -0.489 e. The molecule has 3 nitrogen and oxygen atoms in total. The van der Waals surface area contributed by atoms with Gasteiger partial charge in [-0.05, 0) is 75.5 Å². The summed E-state index contributed by atoms with van der Waals surface area (Å²) in [5.41, 5.74) is 2.39. The van der Waals surface area contributed by atoms with Crippen molar-refractivity contribution in [2.75, 3.05) is 33.8 Å². The van der Waals surface area contributed by atoms with E-state index in [1.54, 1.807) is 0 Å². The first-order chi connectivity index (χ1) is 11.1. The Balaban J connectivity index is 1.48. The maximum absolute atomic E-state index is 6.07. The van der Waals surface area contributed by atoms with Crippen LogP contribution in [0.15, 0.2) is 23.8 Å². The largest absolute Gasteiger partial charge is 0.489 e. The quantitative estimate of drug-likeness (QED) is 0.885. The van der Waals surface area contributed by atoms with E-state index < -0.39 is 0 Å². The molecule has 1 aliphatic heterocycles. The van der Waals surface area contributed by atoms with E-state index in [-0.39, 0.29) is 0 Å². The second-order valence-corrected chi connectivity index (χ2v) is 7.57. The van der Waals surface area contributed by atoms with Gasteiger partial charge in [-0.15, -0.1) is 0 Å². The van der Waals surface area contributed by atoms with E-state index >= 15 is 0 Å². The van der Waals surface area contributed by atoms with Crippen LogP contribution in [-0.2, 0) is 0 Å². The fourth-order valence-corrected chi connectivity index (χ4v) is 3.82. The highest BCUT2D eigenvalue weighted by molar-refractivity contribution is 6.30. The summed E-state index contributed by atoms with van der Waals surface area (Å²) in [7, 11) is 4.34. The molecule has 0 unspecified atom stereocenters. The molecule has 23 heavy (non-hydrogen) atoms. The van der Waals surface area contributed by atoms with E-state index in [1.807, 2.05) is 18.2 Å². The standard InChI is InChI=1S/C19H27ClN2O/c1-22(2)12-14-3-6-18(7-4-14)21-11-15-9-16-10-17(20)5-8-19(16)23-13-15/h5,8-10,14,18,21H,3-4,6-7,11-13H2,1-2H3. The minimum absolute atomic E-state index is 0.648. The number of hydrogen-bond donors (Lipinski definition) is 1. The average molecular weight is 335 g/mol. The van der Waals surface area contributed by atoms with Gasteiger partial charge in [-0.3, -0.25) is 0 Å². The summed E-state index contributed by atoms with van der Waals surface area (Å²) in [4.78, 5) is 2.31. The molecular formula is C19H27ClN2O. The molecule has 0 saturated heterocycles. The number of rotatable bonds is 5. The molecule has 0 amide bonds. The van der Waals surface area contributed by atoms with Crippen LogP contribution in [0.2, 0.25) is 5.02 Å². The fraction of sp³-hybridized carbons (Fsp3) is 0.579. The van der Waals surface area contributed by atoms with Crippen LogP contribution in [-0.4, -0.2) is 44.7 Å². The lowest BCUT2D eigenvalue weighted by Gasteiger charge is -2.31. The lowest BCUT2D eigenvalue weighted by Crippen LogP contribution is -2.37. The lowest BCUT2D eigenvalue weighted by molar-refractivity contribution is 0.235. The number of halogens is 1. The lowest BCUT2D eigenvalue weighted by atomic mass is 9.85. The molecule has 0 aromatic heterocycles. The van der Waals surface area contributed by atoms with Gasteiger partial charge < -0.3 is 15.0 Å². The van der Waals surface area contributed by atoms with Gasteiger partial charge in [0.25, 0.3) is 0 Å². The minimum atomic E-state index is 0.648. The smallest absolute Gasteiger partial charge is 0.127 e. The van der Waals surface area contributed by atoms with Crippen molar-refractivity contribution in [1.29, 1.82) is 0 Å². The van der Waals surface area contributed by atoms with Gasteiger partial charge in [0.05, 0.1) is 0 Å². The van der Waals surface area contributed by atoms with Crippen LogP contribution in [0.4, 0.5) is 0 Å².